The predicted molar refractivity (Wildman–Crippen MR) is 90.2 cm³/mol. The van der Waals surface area contributed by atoms with Crippen LogP contribution in [0.25, 0.3) is 43.6 Å². The van der Waals surface area contributed by atoms with Crippen LogP contribution in [0.3, 0.4) is 0 Å². The smallest absolute Gasteiger partial charge is 0.346 e. The number of furan rings is 2. The summed E-state index contributed by atoms with van der Waals surface area (Å²) in [4.78, 5) is 50.1. The van der Waals surface area contributed by atoms with Gasteiger partial charge in [-0.3, -0.25) is 0 Å². The lowest BCUT2D eigenvalue weighted by Gasteiger charge is -2.09. The molecule has 0 aliphatic rings. The summed E-state index contributed by atoms with van der Waals surface area (Å²) in [5, 5.41) is 3.73. The van der Waals surface area contributed by atoms with E-state index in [-0.39, 0.29) is 21.5 Å². The van der Waals surface area contributed by atoms with Gasteiger partial charge in [0.25, 0.3) is 0 Å². The van der Waals surface area contributed by atoms with E-state index < -0.39 is 22.5 Å². The summed E-state index contributed by atoms with van der Waals surface area (Å²) >= 11 is 0. The van der Waals surface area contributed by atoms with Crippen LogP contribution in [-0.4, -0.2) is 9.66 Å². The van der Waals surface area contributed by atoms with Crippen molar-refractivity contribution >= 4 is 43.6 Å². The number of aromatic amines is 1. The predicted octanol–water partition coefficient (Wildman–Crippen LogP) is 1.29. The Balaban J connectivity index is 2.09. The van der Waals surface area contributed by atoms with Crippen LogP contribution in [0.4, 0.5) is 0 Å². The third kappa shape index (κ3) is 1.64. The monoisotopic (exact) mass is 350 g/mol. The van der Waals surface area contributed by atoms with Crippen molar-refractivity contribution < 1.29 is 8.83 Å². The Hall–Kier alpha value is -4.08. The van der Waals surface area contributed by atoms with E-state index >= 15 is 0 Å². The van der Waals surface area contributed by atoms with E-state index in [1.165, 1.54) is 28.9 Å². The van der Waals surface area contributed by atoms with Gasteiger partial charge < -0.3 is 13.8 Å². The third-order valence-corrected chi connectivity index (χ3v) is 4.35. The van der Waals surface area contributed by atoms with Crippen molar-refractivity contribution in [3.05, 3.63) is 65.9 Å². The van der Waals surface area contributed by atoms with Crippen molar-refractivity contribution in [2.24, 2.45) is 5.22 Å². The molecule has 5 rings (SSSR count). The van der Waals surface area contributed by atoms with Gasteiger partial charge in [-0.25, -0.2) is 23.9 Å². The Kier molecular flexibility index (Phi) is 2.47. The fourth-order valence-electron chi connectivity index (χ4n) is 3.17. The summed E-state index contributed by atoms with van der Waals surface area (Å²) in [6.45, 7) is 0. The summed E-state index contributed by atoms with van der Waals surface area (Å²) < 4.78 is 10.3. The molecule has 3 heterocycles. The molecule has 26 heavy (non-hydrogen) atoms. The highest BCUT2D eigenvalue weighted by molar-refractivity contribution is 6.01. The lowest BCUT2D eigenvalue weighted by Crippen LogP contribution is -2.01. The van der Waals surface area contributed by atoms with Gasteiger partial charge in [-0.15, -0.1) is 0 Å². The molecule has 2 aromatic carbocycles. The Morgan fingerprint density at radius 1 is 0.731 bits per heavy atom. The number of H-pyrrole nitrogens is 1. The van der Waals surface area contributed by atoms with E-state index in [2.05, 4.69) is 19.0 Å². The van der Waals surface area contributed by atoms with Gasteiger partial charge in [0.15, 0.2) is 0 Å². The largest absolute Gasteiger partial charge is 0.386 e. The Labute approximate surface area is 139 Å². The number of hydrogen-bond donors (Lipinski definition) is 2. The topological polar surface area (TPSA) is 151 Å². The Morgan fingerprint density at radius 2 is 1.12 bits per heavy atom. The molecule has 0 fully saturated rings. The summed E-state index contributed by atoms with van der Waals surface area (Å²) in [6, 6.07) is 5.58. The second-order valence-corrected chi connectivity index (χ2v) is 5.72. The number of rotatable bonds is 1. The van der Waals surface area contributed by atoms with E-state index in [1.807, 2.05) is 0 Å². The van der Waals surface area contributed by atoms with E-state index in [1.54, 1.807) is 0 Å². The van der Waals surface area contributed by atoms with Gasteiger partial charge in [0.05, 0.1) is 43.6 Å². The van der Waals surface area contributed by atoms with Crippen molar-refractivity contribution in [1.29, 1.82) is 5.53 Å². The van der Waals surface area contributed by atoms with E-state index in [9.17, 15) is 19.2 Å². The van der Waals surface area contributed by atoms with Crippen LogP contribution >= 0.6 is 0 Å². The van der Waals surface area contributed by atoms with Gasteiger partial charge in [0, 0.05) is 0 Å². The lowest BCUT2D eigenvalue weighted by atomic mass is 10.1. The molecule has 0 aliphatic carbocycles. The molecule has 10 nitrogen and oxygen atoms in total. The Bertz CT molecular complexity index is 1520. The fourth-order valence-corrected chi connectivity index (χ4v) is 3.17. The zero-order valence-electron chi connectivity index (χ0n) is 12.7. The number of fused-ring (bicyclic) bond motifs is 4. The van der Waals surface area contributed by atoms with Crippen LogP contribution in [-0.2, 0) is 0 Å². The molecule has 0 saturated heterocycles. The average Bonchev–Trinajstić information content (AvgIpc) is 3.05. The Morgan fingerprint density at radius 3 is 1.50 bits per heavy atom. The number of nitrogens with zero attached hydrogens (tertiary/aromatic N) is 2. The van der Waals surface area contributed by atoms with Crippen LogP contribution in [0.5, 0.6) is 0 Å². The van der Waals surface area contributed by atoms with Gasteiger partial charge in [0.1, 0.15) is 0 Å². The second kappa shape index (κ2) is 4.51. The number of hydrogen-bond acceptors (Lipinski definition) is 8. The first kappa shape index (κ1) is 14.3. The minimum Gasteiger partial charge on any atom is -0.386 e. The maximum absolute atomic E-state index is 11.8. The molecule has 0 unspecified atom stereocenters. The van der Waals surface area contributed by atoms with E-state index in [0.717, 1.165) is 0 Å². The summed E-state index contributed by atoms with van der Waals surface area (Å²) in [6.07, 6.45) is 0. The van der Waals surface area contributed by atoms with Gasteiger partial charge >= 0.3 is 22.5 Å². The van der Waals surface area contributed by atoms with Crippen LogP contribution in [0.1, 0.15) is 0 Å². The van der Waals surface area contributed by atoms with E-state index in [4.69, 9.17) is 5.53 Å². The fraction of sp³-hybridized carbons (Fsp3) is 0. The maximum Gasteiger partial charge on any atom is 0.346 e. The van der Waals surface area contributed by atoms with Crippen LogP contribution in [0.15, 0.2) is 57.5 Å². The number of nitrogens with one attached hydrogen (secondary N) is 2. The molecule has 3 aromatic heterocycles. The molecule has 0 bridgehead atoms. The van der Waals surface area contributed by atoms with Crippen molar-refractivity contribution in [1.82, 2.24) is 9.66 Å². The molecule has 0 aliphatic heterocycles. The normalized spacial score (nSPS) is 11.8. The molecule has 0 radical (unpaired) electrons. The highest BCUT2D eigenvalue weighted by Gasteiger charge is 2.16. The average molecular weight is 350 g/mol. The molecular weight excluding hydrogens is 344 g/mol. The SMILES string of the molecule is N=Nn1c2cc3c(=O)oc(=O)c3cc2[nH]c2cc3c(=O)oc(=O)c3cc21. The van der Waals surface area contributed by atoms with Crippen molar-refractivity contribution in [2.75, 3.05) is 0 Å². The van der Waals surface area contributed by atoms with E-state index in [0.29, 0.717) is 22.1 Å². The van der Waals surface area contributed by atoms with Gasteiger partial charge in [-0.2, -0.15) is 5.53 Å². The second-order valence-electron chi connectivity index (χ2n) is 5.72. The molecule has 5 aromatic rings. The first-order chi connectivity index (χ1) is 12.5. The molecular formula is C16H6N4O6. The quantitative estimate of drug-likeness (QED) is 0.343. The summed E-state index contributed by atoms with van der Waals surface area (Å²) in [5.41, 5.74) is 5.79. The summed E-state index contributed by atoms with van der Waals surface area (Å²) in [7, 11) is 0. The van der Waals surface area contributed by atoms with Gasteiger partial charge in [0.2, 0.25) is 0 Å². The highest BCUT2D eigenvalue weighted by Crippen LogP contribution is 2.25. The van der Waals surface area contributed by atoms with Crippen LogP contribution < -0.4 is 22.5 Å². The zero-order valence-corrected chi connectivity index (χ0v) is 12.7. The zero-order chi connectivity index (χ0) is 18.2. The standard InChI is InChI=1S/C16H6N4O6/c17-19-20-11-3-7-5(13(21)25-15(7)23)1-9(11)18-10-2-6-8(4-12(10)20)16(24)26-14(6)22/h1-4,17-18H. The number of benzene rings is 2. The maximum atomic E-state index is 11.8. The highest BCUT2D eigenvalue weighted by atomic mass is 16.4. The molecule has 126 valence electrons. The molecule has 0 atom stereocenters. The number of aromatic nitrogens is 2. The molecule has 10 heteroatoms. The minimum absolute atomic E-state index is 0.0587. The lowest BCUT2D eigenvalue weighted by molar-refractivity contribution is 0.499. The molecule has 0 spiro atoms. The van der Waals surface area contributed by atoms with Crippen LogP contribution in [0.2, 0.25) is 0 Å². The van der Waals surface area contributed by atoms with Gasteiger partial charge in [-0.1, -0.05) is 5.22 Å². The molecule has 2 N–H and O–H groups in total. The molecule has 0 saturated carbocycles. The third-order valence-electron chi connectivity index (χ3n) is 4.35. The summed E-state index contributed by atoms with van der Waals surface area (Å²) in [5.74, 6) is 0. The van der Waals surface area contributed by atoms with Gasteiger partial charge in [-0.05, 0) is 24.3 Å². The minimum atomic E-state index is -0.786. The molecule has 0 amide bonds. The van der Waals surface area contributed by atoms with Crippen molar-refractivity contribution in [3.63, 3.8) is 0 Å². The van der Waals surface area contributed by atoms with Crippen molar-refractivity contribution in [2.45, 2.75) is 0 Å². The van der Waals surface area contributed by atoms with Crippen LogP contribution in [0, 0.1) is 5.53 Å². The first-order valence-electron chi connectivity index (χ1n) is 7.31. The van der Waals surface area contributed by atoms with Crippen molar-refractivity contribution in [3.8, 4) is 0 Å². The first-order valence-corrected chi connectivity index (χ1v) is 7.31.